The monoisotopic (exact) mass is 168 g/mol. The maximum absolute atomic E-state index is 5.58. The Morgan fingerprint density at radius 1 is 1.45 bits per heavy atom. The smallest absolute Gasteiger partial charge is 0.165 e. The topological polar surface area (TPSA) is 9.23 Å². The molecule has 2 bridgehead atoms. The van der Waals surface area contributed by atoms with Gasteiger partial charge in [0, 0.05) is 6.61 Å². The van der Waals surface area contributed by atoms with Crippen LogP contribution in [0.1, 0.15) is 19.8 Å². The number of rotatable bonds is 3. The van der Waals surface area contributed by atoms with Crippen molar-refractivity contribution in [3.8, 4) is 0 Å². The molecule has 1 nitrogen and oxygen atoms in total. The lowest BCUT2D eigenvalue weighted by atomic mass is 10.1. The van der Waals surface area contributed by atoms with E-state index in [4.69, 9.17) is 4.43 Å². The first-order chi connectivity index (χ1) is 5.40. The summed E-state index contributed by atoms with van der Waals surface area (Å²) in [5, 5.41) is 0. The van der Waals surface area contributed by atoms with E-state index < -0.39 is 0 Å². The van der Waals surface area contributed by atoms with Crippen molar-refractivity contribution in [2.24, 2.45) is 11.8 Å². The van der Waals surface area contributed by atoms with Crippen molar-refractivity contribution in [2.75, 3.05) is 6.61 Å². The lowest BCUT2D eigenvalue weighted by molar-refractivity contribution is 0.347. The molecule has 0 aliphatic heterocycles. The molecule has 2 heteroatoms. The van der Waals surface area contributed by atoms with Crippen molar-refractivity contribution in [1.82, 2.24) is 0 Å². The van der Waals surface area contributed by atoms with E-state index in [9.17, 15) is 0 Å². The quantitative estimate of drug-likeness (QED) is 0.458. The molecular formula is C9H16OSi. The van der Waals surface area contributed by atoms with Crippen LogP contribution in [0.2, 0.25) is 5.54 Å². The molecule has 0 aromatic rings. The molecule has 11 heavy (non-hydrogen) atoms. The van der Waals surface area contributed by atoms with Gasteiger partial charge in [-0.3, -0.25) is 0 Å². The molecule has 0 aromatic heterocycles. The standard InChI is InChI=1S/C9H16OSi/c1-2-10-11-9-6-7-3-4-8(9)5-7/h3-4,7-9H,2,5-6,11H2,1H3. The summed E-state index contributed by atoms with van der Waals surface area (Å²) in [6.07, 6.45) is 7.70. The van der Waals surface area contributed by atoms with Crippen LogP contribution in [0.3, 0.4) is 0 Å². The fraction of sp³-hybridized carbons (Fsp3) is 0.778. The van der Waals surface area contributed by atoms with Gasteiger partial charge in [0.15, 0.2) is 9.76 Å². The van der Waals surface area contributed by atoms with Gasteiger partial charge >= 0.3 is 0 Å². The van der Waals surface area contributed by atoms with Gasteiger partial charge in [0.05, 0.1) is 0 Å². The molecule has 0 heterocycles. The second kappa shape index (κ2) is 3.11. The normalized spacial score (nSPS) is 41.4. The number of fused-ring (bicyclic) bond motifs is 2. The Kier molecular flexibility index (Phi) is 2.14. The Labute approximate surface area is 70.8 Å². The van der Waals surface area contributed by atoms with Gasteiger partial charge in [-0.2, -0.15) is 0 Å². The predicted octanol–water partition coefficient (Wildman–Crippen LogP) is 1.49. The SMILES string of the molecule is CCO[SiH2]C1CC2C=CC1C2. The van der Waals surface area contributed by atoms with E-state index in [-0.39, 0.29) is 9.76 Å². The van der Waals surface area contributed by atoms with Crippen LogP contribution in [0.5, 0.6) is 0 Å². The van der Waals surface area contributed by atoms with E-state index in [0.29, 0.717) is 0 Å². The summed E-state index contributed by atoms with van der Waals surface area (Å²) < 4.78 is 5.58. The fourth-order valence-electron chi connectivity index (χ4n) is 2.36. The fourth-order valence-corrected chi connectivity index (χ4v) is 4.05. The van der Waals surface area contributed by atoms with Crippen LogP contribution in [0.4, 0.5) is 0 Å². The minimum Gasteiger partial charge on any atom is -0.424 e. The molecule has 2 aliphatic rings. The molecule has 62 valence electrons. The predicted molar refractivity (Wildman–Crippen MR) is 49.3 cm³/mol. The zero-order valence-electron chi connectivity index (χ0n) is 7.12. The molecule has 0 spiro atoms. The van der Waals surface area contributed by atoms with Gasteiger partial charge in [-0.05, 0) is 37.1 Å². The van der Waals surface area contributed by atoms with Crippen molar-refractivity contribution < 1.29 is 4.43 Å². The van der Waals surface area contributed by atoms with Gasteiger partial charge in [-0.15, -0.1) is 0 Å². The van der Waals surface area contributed by atoms with Crippen molar-refractivity contribution >= 4 is 9.76 Å². The molecule has 3 unspecified atom stereocenters. The summed E-state index contributed by atoms with van der Waals surface area (Å²) >= 11 is 0. The Bertz CT molecular complexity index is 167. The highest BCUT2D eigenvalue weighted by molar-refractivity contribution is 6.30. The minimum atomic E-state index is -0.192. The van der Waals surface area contributed by atoms with E-state index >= 15 is 0 Å². The van der Waals surface area contributed by atoms with Crippen LogP contribution < -0.4 is 0 Å². The minimum absolute atomic E-state index is 0.192. The van der Waals surface area contributed by atoms with Crippen molar-refractivity contribution in [3.05, 3.63) is 12.2 Å². The zero-order chi connectivity index (χ0) is 7.68. The highest BCUT2D eigenvalue weighted by Gasteiger charge is 2.35. The number of allylic oxidation sites excluding steroid dienone is 2. The lowest BCUT2D eigenvalue weighted by Crippen LogP contribution is -2.12. The van der Waals surface area contributed by atoms with Crippen LogP contribution in [-0.4, -0.2) is 16.4 Å². The summed E-state index contributed by atoms with van der Waals surface area (Å²) in [5.41, 5.74) is 0.977. The molecule has 1 saturated carbocycles. The van der Waals surface area contributed by atoms with Crippen molar-refractivity contribution in [2.45, 2.75) is 25.3 Å². The third-order valence-corrected chi connectivity index (χ3v) is 4.96. The van der Waals surface area contributed by atoms with Crippen LogP contribution in [-0.2, 0) is 4.43 Å². The van der Waals surface area contributed by atoms with Crippen LogP contribution in [0.15, 0.2) is 12.2 Å². The first-order valence-electron chi connectivity index (χ1n) is 4.66. The first-order valence-corrected chi connectivity index (χ1v) is 6.05. The maximum atomic E-state index is 5.58. The molecule has 0 saturated heterocycles. The highest BCUT2D eigenvalue weighted by atomic mass is 28.2. The van der Waals surface area contributed by atoms with E-state index in [2.05, 4.69) is 19.1 Å². The molecule has 0 radical (unpaired) electrons. The molecule has 0 N–H and O–H groups in total. The lowest BCUT2D eigenvalue weighted by Gasteiger charge is -2.16. The molecule has 2 aliphatic carbocycles. The van der Waals surface area contributed by atoms with Crippen molar-refractivity contribution in [3.63, 3.8) is 0 Å². The summed E-state index contributed by atoms with van der Waals surface area (Å²) in [5.74, 6) is 1.84. The van der Waals surface area contributed by atoms with Crippen LogP contribution >= 0.6 is 0 Å². The average molecular weight is 168 g/mol. The molecule has 3 atom stereocenters. The third-order valence-electron chi connectivity index (χ3n) is 2.95. The van der Waals surface area contributed by atoms with Gasteiger partial charge < -0.3 is 4.43 Å². The van der Waals surface area contributed by atoms with E-state index in [0.717, 1.165) is 24.0 Å². The summed E-state index contributed by atoms with van der Waals surface area (Å²) in [7, 11) is -0.192. The Balaban J connectivity index is 1.84. The van der Waals surface area contributed by atoms with Crippen molar-refractivity contribution in [1.29, 1.82) is 0 Å². The highest BCUT2D eigenvalue weighted by Crippen LogP contribution is 2.46. The van der Waals surface area contributed by atoms with Gasteiger partial charge in [0.2, 0.25) is 0 Å². The summed E-state index contributed by atoms with van der Waals surface area (Å²) in [6.45, 7) is 3.04. The van der Waals surface area contributed by atoms with Gasteiger partial charge in [-0.25, -0.2) is 0 Å². The van der Waals surface area contributed by atoms with E-state index in [1.807, 2.05) is 0 Å². The van der Waals surface area contributed by atoms with Gasteiger partial charge in [-0.1, -0.05) is 12.2 Å². The first kappa shape index (κ1) is 7.56. The molecular weight excluding hydrogens is 152 g/mol. The van der Waals surface area contributed by atoms with Gasteiger partial charge in [0.25, 0.3) is 0 Å². The van der Waals surface area contributed by atoms with E-state index in [1.54, 1.807) is 0 Å². The van der Waals surface area contributed by atoms with Gasteiger partial charge in [0.1, 0.15) is 0 Å². The summed E-state index contributed by atoms with van der Waals surface area (Å²) in [4.78, 5) is 0. The maximum Gasteiger partial charge on any atom is 0.165 e. The van der Waals surface area contributed by atoms with Crippen LogP contribution in [0, 0.1) is 11.8 Å². The zero-order valence-corrected chi connectivity index (χ0v) is 8.54. The largest absolute Gasteiger partial charge is 0.424 e. The second-order valence-corrected chi connectivity index (χ2v) is 5.49. The molecule has 1 fully saturated rings. The molecule has 0 amide bonds. The molecule has 2 rings (SSSR count). The summed E-state index contributed by atoms with van der Waals surface area (Å²) in [6, 6.07) is 0. The Morgan fingerprint density at radius 2 is 2.36 bits per heavy atom. The third kappa shape index (κ3) is 1.42. The number of hydrogen-bond donors (Lipinski definition) is 0. The Hall–Kier alpha value is -0.0831. The number of hydrogen-bond acceptors (Lipinski definition) is 1. The Morgan fingerprint density at radius 3 is 2.91 bits per heavy atom. The second-order valence-electron chi connectivity index (χ2n) is 3.70. The molecule has 0 aromatic carbocycles. The van der Waals surface area contributed by atoms with E-state index in [1.165, 1.54) is 12.8 Å². The van der Waals surface area contributed by atoms with Crippen LogP contribution in [0.25, 0.3) is 0 Å². The average Bonchev–Trinajstić information content (AvgIpc) is 2.60.